The topological polar surface area (TPSA) is 27.7 Å². The molecule has 0 bridgehead atoms. The molecule has 0 unspecified atom stereocenters. The van der Waals surface area contributed by atoms with E-state index in [9.17, 15) is 13.2 Å². The van der Waals surface area contributed by atoms with E-state index in [2.05, 4.69) is 0 Å². The first-order chi connectivity index (χ1) is 7.50. The molecule has 0 atom stereocenters. The van der Waals surface area contributed by atoms with Crippen molar-refractivity contribution >= 4 is 8.80 Å². The van der Waals surface area contributed by atoms with E-state index < -0.39 is 32.9 Å². The summed E-state index contributed by atoms with van der Waals surface area (Å²) in [4.78, 5) is 0. The summed E-state index contributed by atoms with van der Waals surface area (Å²) in [5.74, 6) is -4.62. The lowest BCUT2D eigenvalue weighted by atomic mass is 10.5. The maximum atomic E-state index is 13.1. The zero-order chi connectivity index (χ0) is 13.9. The molecule has 17 heavy (non-hydrogen) atoms. The standard InChI is InChI=1S/C10H21F3O3Si/c1-7(2)14-17(10(11,12)13,15-8(3)4)16-9(5)6/h7-9H,1-6H3. The van der Waals surface area contributed by atoms with E-state index in [-0.39, 0.29) is 0 Å². The van der Waals surface area contributed by atoms with Crippen LogP contribution in [-0.2, 0) is 13.3 Å². The minimum Gasteiger partial charge on any atom is -0.366 e. The normalized spacial score (nSPS) is 14.1. The fourth-order valence-corrected chi connectivity index (χ4v) is 3.64. The predicted molar refractivity (Wildman–Crippen MR) is 60.5 cm³/mol. The molecule has 0 aliphatic heterocycles. The summed E-state index contributed by atoms with van der Waals surface area (Å²) < 4.78 is 54.4. The molecular weight excluding hydrogens is 253 g/mol. The molecule has 0 saturated carbocycles. The van der Waals surface area contributed by atoms with Crippen molar-refractivity contribution in [3.05, 3.63) is 0 Å². The summed E-state index contributed by atoms with van der Waals surface area (Å²) in [6, 6.07) is 0. The zero-order valence-electron chi connectivity index (χ0n) is 11.1. The zero-order valence-corrected chi connectivity index (χ0v) is 12.1. The summed E-state index contributed by atoms with van der Waals surface area (Å²) in [6.45, 7) is 9.17. The molecule has 104 valence electrons. The molecule has 0 aromatic rings. The molecule has 0 fully saturated rings. The van der Waals surface area contributed by atoms with Crippen molar-refractivity contribution in [1.82, 2.24) is 0 Å². The lowest BCUT2D eigenvalue weighted by Gasteiger charge is -2.35. The second-order valence-corrected chi connectivity index (χ2v) is 6.94. The summed E-state index contributed by atoms with van der Waals surface area (Å²) in [5.41, 5.74) is 0. The highest BCUT2D eigenvalue weighted by Crippen LogP contribution is 2.34. The van der Waals surface area contributed by atoms with Crippen LogP contribution in [0.1, 0.15) is 41.5 Å². The maximum Gasteiger partial charge on any atom is 0.616 e. The van der Waals surface area contributed by atoms with Crippen LogP contribution in [0.5, 0.6) is 0 Å². The molecule has 0 radical (unpaired) electrons. The molecule has 0 rings (SSSR count). The highest BCUT2D eigenvalue weighted by atomic mass is 28.4. The fourth-order valence-electron chi connectivity index (χ4n) is 1.21. The molecule has 0 aliphatic carbocycles. The van der Waals surface area contributed by atoms with E-state index in [1.165, 1.54) is 41.5 Å². The second-order valence-electron chi connectivity index (χ2n) is 4.55. The van der Waals surface area contributed by atoms with Crippen LogP contribution in [0, 0.1) is 0 Å². The first kappa shape index (κ1) is 16.9. The van der Waals surface area contributed by atoms with Crippen molar-refractivity contribution in [1.29, 1.82) is 0 Å². The second kappa shape index (κ2) is 6.17. The first-order valence-electron chi connectivity index (χ1n) is 5.60. The van der Waals surface area contributed by atoms with Crippen LogP contribution in [0.4, 0.5) is 13.2 Å². The maximum absolute atomic E-state index is 13.1. The van der Waals surface area contributed by atoms with Crippen molar-refractivity contribution < 1.29 is 26.4 Å². The lowest BCUT2D eigenvalue weighted by molar-refractivity contribution is -0.151. The van der Waals surface area contributed by atoms with Gasteiger partial charge >= 0.3 is 14.6 Å². The Morgan fingerprint density at radius 2 is 0.941 bits per heavy atom. The highest BCUT2D eigenvalue weighted by Gasteiger charge is 2.68. The van der Waals surface area contributed by atoms with Gasteiger partial charge in [0.05, 0.1) is 0 Å². The predicted octanol–water partition coefficient (Wildman–Crippen LogP) is 3.30. The van der Waals surface area contributed by atoms with Gasteiger partial charge in [-0.05, 0) is 41.5 Å². The van der Waals surface area contributed by atoms with Crippen LogP contribution in [0.2, 0.25) is 0 Å². The van der Waals surface area contributed by atoms with Crippen molar-refractivity contribution in [2.75, 3.05) is 0 Å². The van der Waals surface area contributed by atoms with Gasteiger partial charge in [-0.3, -0.25) is 0 Å². The minimum atomic E-state index is -4.69. The molecule has 0 N–H and O–H groups in total. The molecular formula is C10H21F3O3Si. The van der Waals surface area contributed by atoms with Crippen molar-refractivity contribution in [3.8, 4) is 0 Å². The van der Waals surface area contributed by atoms with Crippen LogP contribution >= 0.6 is 0 Å². The quantitative estimate of drug-likeness (QED) is 0.696. The molecule has 0 heterocycles. The average molecular weight is 274 g/mol. The van der Waals surface area contributed by atoms with E-state index >= 15 is 0 Å². The summed E-state index contributed by atoms with van der Waals surface area (Å²) in [5, 5.41) is 0. The van der Waals surface area contributed by atoms with Crippen molar-refractivity contribution in [2.45, 2.75) is 65.7 Å². The Labute approximate surface area is 102 Å². The van der Waals surface area contributed by atoms with Crippen LogP contribution < -0.4 is 0 Å². The Bertz CT molecular complexity index is 203. The monoisotopic (exact) mass is 274 g/mol. The van der Waals surface area contributed by atoms with Gasteiger partial charge in [-0.15, -0.1) is 0 Å². The SMILES string of the molecule is CC(C)O[Si](OC(C)C)(OC(C)C)C(F)(F)F. The Morgan fingerprint density at radius 1 is 0.706 bits per heavy atom. The molecule has 0 amide bonds. The highest BCUT2D eigenvalue weighted by molar-refractivity contribution is 6.63. The molecule has 0 aliphatic rings. The molecule has 3 nitrogen and oxygen atoms in total. The van der Waals surface area contributed by atoms with Crippen LogP contribution in [-0.4, -0.2) is 32.9 Å². The van der Waals surface area contributed by atoms with Gasteiger partial charge in [-0.1, -0.05) is 0 Å². The minimum absolute atomic E-state index is 0.610. The Hall–Kier alpha value is -0.113. The molecule has 0 aromatic carbocycles. The molecule has 0 aromatic heterocycles. The largest absolute Gasteiger partial charge is 0.616 e. The number of hydrogen-bond donors (Lipinski definition) is 0. The Balaban J connectivity index is 5.20. The average Bonchev–Trinajstić information content (AvgIpc) is 1.96. The van der Waals surface area contributed by atoms with Gasteiger partial charge < -0.3 is 13.3 Å². The van der Waals surface area contributed by atoms with E-state index in [1.807, 2.05) is 0 Å². The van der Waals surface area contributed by atoms with Crippen LogP contribution in [0.15, 0.2) is 0 Å². The summed E-state index contributed by atoms with van der Waals surface area (Å²) in [6.07, 6.45) is -1.83. The fraction of sp³-hybridized carbons (Fsp3) is 1.00. The summed E-state index contributed by atoms with van der Waals surface area (Å²) in [7, 11) is -4.69. The molecule has 0 saturated heterocycles. The smallest absolute Gasteiger partial charge is 0.366 e. The van der Waals surface area contributed by atoms with E-state index in [4.69, 9.17) is 13.3 Å². The van der Waals surface area contributed by atoms with Gasteiger partial charge in [0.2, 0.25) is 0 Å². The number of halogens is 3. The molecule has 7 heteroatoms. The van der Waals surface area contributed by atoms with Gasteiger partial charge in [0, 0.05) is 18.3 Å². The number of rotatable bonds is 6. The van der Waals surface area contributed by atoms with Gasteiger partial charge in [-0.2, -0.15) is 13.2 Å². The van der Waals surface area contributed by atoms with Gasteiger partial charge in [0.25, 0.3) is 0 Å². The Morgan fingerprint density at radius 3 is 1.06 bits per heavy atom. The molecule has 0 spiro atoms. The Kier molecular flexibility index (Phi) is 6.13. The van der Waals surface area contributed by atoms with E-state index in [1.54, 1.807) is 0 Å². The summed E-state index contributed by atoms with van der Waals surface area (Å²) >= 11 is 0. The third-order valence-electron chi connectivity index (χ3n) is 1.52. The first-order valence-corrected chi connectivity index (χ1v) is 7.33. The van der Waals surface area contributed by atoms with Crippen molar-refractivity contribution in [2.24, 2.45) is 0 Å². The van der Waals surface area contributed by atoms with E-state index in [0.29, 0.717) is 0 Å². The van der Waals surface area contributed by atoms with Gasteiger partial charge in [-0.25, -0.2) is 0 Å². The van der Waals surface area contributed by atoms with Gasteiger partial charge in [0.1, 0.15) is 0 Å². The third kappa shape index (κ3) is 5.37. The third-order valence-corrected chi connectivity index (χ3v) is 4.56. The van der Waals surface area contributed by atoms with Crippen LogP contribution in [0.25, 0.3) is 0 Å². The van der Waals surface area contributed by atoms with Crippen LogP contribution in [0.3, 0.4) is 0 Å². The van der Waals surface area contributed by atoms with Crippen molar-refractivity contribution in [3.63, 3.8) is 0 Å². The number of alkyl halides is 3. The van der Waals surface area contributed by atoms with E-state index in [0.717, 1.165) is 0 Å². The lowest BCUT2D eigenvalue weighted by Crippen LogP contribution is -2.62. The number of hydrogen-bond acceptors (Lipinski definition) is 3. The van der Waals surface area contributed by atoms with Gasteiger partial charge in [0.15, 0.2) is 0 Å².